The van der Waals surface area contributed by atoms with E-state index < -0.39 is 14.6 Å². The van der Waals surface area contributed by atoms with Crippen molar-refractivity contribution in [1.82, 2.24) is 14.4 Å². The molecule has 2 N–H and O–H groups in total. The molecule has 142 valence electrons. The van der Waals surface area contributed by atoms with E-state index in [1.807, 2.05) is 12.1 Å². The molecule has 3 aromatic heterocycles. The van der Waals surface area contributed by atoms with Crippen molar-refractivity contribution in [1.29, 1.82) is 0 Å². The second-order valence-corrected chi connectivity index (χ2v) is 9.69. The Morgan fingerprint density at radius 1 is 1.22 bits per heavy atom. The number of ether oxygens (including phenoxy) is 1. The van der Waals surface area contributed by atoms with Gasteiger partial charge in [-0.25, -0.2) is 13.4 Å². The fourth-order valence-corrected chi connectivity index (χ4v) is 4.00. The number of nitrogens with two attached hydrogens (primary N) is 1. The van der Waals surface area contributed by atoms with Gasteiger partial charge in [-0.2, -0.15) is 0 Å². The first kappa shape index (κ1) is 18.9. The van der Waals surface area contributed by atoms with Gasteiger partial charge in [-0.15, -0.1) is 0 Å². The number of fused-ring (bicyclic) bond motifs is 1. The molecule has 0 aromatic carbocycles. The van der Waals surface area contributed by atoms with Crippen LogP contribution in [0.5, 0.6) is 5.75 Å². The lowest BCUT2D eigenvalue weighted by molar-refractivity contribution is 0.401. The molecule has 3 rings (SSSR count). The summed E-state index contributed by atoms with van der Waals surface area (Å²) < 4.78 is 32.2. The standard InChI is InChI=1S/C19H22N4O3S/c1-19(2,3)27(24,25)17-12-23-15(11-22-18(23)10-16(17)26-4)13-6-8-21-14(9-13)5-7-20/h5-12H,20H2,1-4H3/b7-5-. The molecule has 0 saturated carbocycles. The first-order chi connectivity index (χ1) is 12.7. The van der Waals surface area contributed by atoms with E-state index in [-0.39, 0.29) is 10.6 Å². The van der Waals surface area contributed by atoms with Crippen molar-refractivity contribution in [2.24, 2.45) is 5.73 Å². The highest BCUT2D eigenvalue weighted by Gasteiger charge is 2.34. The molecule has 0 atom stereocenters. The number of rotatable bonds is 4. The highest BCUT2D eigenvalue weighted by Crippen LogP contribution is 2.34. The van der Waals surface area contributed by atoms with E-state index in [1.165, 1.54) is 13.3 Å². The van der Waals surface area contributed by atoms with Crippen LogP contribution >= 0.6 is 0 Å². The van der Waals surface area contributed by atoms with Gasteiger partial charge in [0.25, 0.3) is 0 Å². The zero-order valence-corrected chi connectivity index (χ0v) is 16.5. The Bertz CT molecular complexity index is 1130. The van der Waals surface area contributed by atoms with Gasteiger partial charge in [0.15, 0.2) is 9.84 Å². The fourth-order valence-electron chi connectivity index (χ4n) is 2.69. The van der Waals surface area contributed by atoms with Crippen molar-refractivity contribution in [3.63, 3.8) is 0 Å². The van der Waals surface area contributed by atoms with E-state index in [0.717, 1.165) is 11.3 Å². The topological polar surface area (TPSA) is 99.6 Å². The van der Waals surface area contributed by atoms with Crippen LogP contribution in [0.4, 0.5) is 0 Å². The van der Waals surface area contributed by atoms with Gasteiger partial charge in [0.05, 0.1) is 29.4 Å². The lowest BCUT2D eigenvalue weighted by atomic mass is 10.2. The lowest BCUT2D eigenvalue weighted by Crippen LogP contribution is -2.28. The fraction of sp³-hybridized carbons (Fsp3) is 0.263. The van der Waals surface area contributed by atoms with Crippen molar-refractivity contribution in [3.05, 3.63) is 48.7 Å². The van der Waals surface area contributed by atoms with Crippen LogP contribution in [0.25, 0.3) is 23.0 Å². The summed E-state index contributed by atoms with van der Waals surface area (Å²) in [5, 5.41) is 0. The minimum atomic E-state index is -3.62. The molecule has 0 saturated heterocycles. The monoisotopic (exact) mass is 386 g/mol. The van der Waals surface area contributed by atoms with Gasteiger partial charge < -0.3 is 10.5 Å². The van der Waals surface area contributed by atoms with Crippen molar-refractivity contribution in [3.8, 4) is 17.0 Å². The summed E-state index contributed by atoms with van der Waals surface area (Å²) in [6, 6.07) is 5.32. The molecule has 0 spiro atoms. The van der Waals surface area contributed by atoms with Crippen LogP contribution in [0.1, 0.15) is 26.5 Å². The van der Waals surface area contributed by atoms with E-state index in [4.69, 9.17) is 10.5 Å². The predicted molar refractivity (Wildman–Crippen MR) is 105 cm³/mol. The molecule has 7 nitrogen and oxygen atoms in total. The van der Waals surface area contributed by atoms with E-state index in [2.05, 4.69) is 9.97 Å². The third kappa shape index (κ3) is 3.28. The van der Waals surface area contributed by atoms with Crippen molar-refractivity contribution >= 4 is 21.6 Å². The molecule has 0 bridgehead atoms. The maximum atomic E-state index is 13.0. The van der Waals surface area contributed by atoms with Crippen LogP contribution in [0.3, 0.4) is 0 Å². The van der Waals surface area contributed by atoms with Gasteiger partial charge in [0.1, 0.15) is 16.3 Å². The number of methoxy groups -OCH3 is 1. The normalized spacial score (nSPS) is 12.7. The van der Waals surface area contributed by atoms with Crippen molar-refractivity contribution in [2.45, 2.75) is 30.4 Å². The third-order valence-corrected chi connectivity index (χ3v) is 6.73. The first-order valence-electron chi connectivity index (χ1n) is 8.33. The van der Waals surface area contributed by atoms with E-state index in [1.54, 1.807) is 55.9 Å². The van der Waals surface area contributed by atoms with E-state index >= 15 is 0 Å². The van der Waals surface area contributed by atoms with Crippen LogP contribution in [0, 0.1) is 0 Å². The van der Waals surface area contributed by atoms with Gasteiger partial charge in [0, 0.05) is 24.0 Å². The van der Waals surface area contributed by atoms with E-state index in [0.29, 0.717) is 11.3 Å². The molecule has 0 amide bonds. The zero-order chi connectivity index (χ0) is 19.8. The molecule has 0 aliphatic carbocycles. The van der Waals surface area contributed by atoms with Gasteiger partial charge in [-0.3, -0.25) is 9.38 Å². The number of sulfone groups is 1. The Morgan fingerprint density at radius 3 is 2.59 bits per heavy atom. The molecule has 0 radical (unpaired) electrons. The average molecular weight is 386 g/mol. The molecular weight excluding hydrogens is 364 g/mol. The van der Waals surface area contributed by atoms with Gasteiger partial charge in [-0.05, 0) is 45.2 Å². The molecule has 0 aliphatic rings. The van der Waals surface area contributed by atoms with Crippen molar-refractivity contribution < 1.29 is 13.2 Å². The summed E-state index contributed by atoms with van der Waals surface area (Å²) in [5.41, 5.74) is 8.31. The van der Waals surface area contributed by atoms with Crippen LogP contribution in [-0.2, 0) is 9.84 Å². The Morgan fingerprint density at radius 2 is 1.96 bits per heavy atom. The first-order valence-corrected chi connectivity index (χ1v) is 9.82. The Kier molecular flexibility index (Phi) is 4.69. The number of nitrogens with zero attached hydrogens (tertiary/aromatic N) is 3. The summed E-state index contributed by atoms with van der Waals surface area (Å²) in [7, 11) is -2.17. The number of aromatic nitrogens is 3. The maximum Gasteiger partial charge on any atom is 0.188 e. The molecule has 27 heavy (non-hydrogen) atoms. The molecule has 0 fully saturated rings. The number of hydrogen-bond donors (Lipinski definition) is 1. The SMILES string of the molecule is COc1cc2ncc(-c3ccnc(/C=C\N)c3)n2cc1S(=O)(=O)C(C)(C)C. The summed E-state index contributed by atoms with van der Waals surface area (Å²) in [6.45, 7) is 4.99. The Balaban J connectivity index is 2.27. The highest BCUT2D eigenvalue weighted by atomic mass is 32.2. The zero-order valence-electron chi connectivity index (χ0n) is 15.7. The third-order valence-electron chi connectivity index (χ3n) is 4.23. The minimum Gasteiger partial charge on any atom is -0.495 e. The number of pyridine rings is 2. The van der Waals surface area contributed by atoms with Crippen LogP contribution in [-0.4, -0.2) is 34.6 Å². The quantitative estimate of drug-likeness (QED) is 0.740. The van der Waals surface area contributed by atoms with Gasteiger partial charge >= 0.3 is 0 Å². The predicted octanol–water partition coefficient (Wildman–Crippen LogP) is 2.91. The van der Waals surface area contributed by atoms with Crippen LogP contribution < -0.4 is 10.5 Å². The smallest absolute Gasteiger partial charge is 0.188 e. The molecule has 3 heterocycles. The Labute approximate surface area is 158 Å². The average Bonchev–Trinajstić information content (AvgIpc) is 3.03. The van der Waals surface area contributed by atoms with Gasteiger partial charge in [0.2, 0.25) is 0 Å². The Hall–Kier alpha value is -2.87. The largest absolute Gasteiger partial charge is 0.495 e. The molecular formula is C19H22N4O3S. The molecule has 3 aromatic rings. The lowest BCUT2D eigenvalue weighted by Gasteiger charge is -2.21. The maximum absolute atomic E-state index is 13.0. The summed E-state index contributed by atoms with van der Waals surface area (Å²) >= 11 is 0. The van der Waals surface area contributed by atoms with Crippen LogP contribution in [0.15, 0.2) is 47.9 Å². The van der Waals surface area contributed by atoms with Crippen molar-refractivity contribution in [2.75, 3.05) is 7.11 Å². The molecule has 0 unspecified atom stereocenters. The second-order valence-electron chi connectivity index (χ2n) is 7.02. The molecule has 0 aliphatic heterocycles. The number of hydrogen-bond acceptors (Lipinski definition) is 6. The van der Waals surface area contributed by atoms with Crippen LogP contribution in [0.2, 0.25) is 0 Å². The highest BCUT2D eigenvalue weighted by molar-refractivity contribution is 7.92. The molecule has 8 heteroatoms. The summed E-state index contributed by atoms with van der Waals surface area (Å²) in [6.07, 6.45) is 8.02. The summed E-state index contributed by atoms with van der Waals surface area (Å²) in [5.74, 6) is 0.274. The summed E-state index contributed by atoms with van der Waals surface area (Å²) in [4.78, 5) is 8.74. The van der Waals surface area contributed by atoms with E-state index in [9.17, 15) is 8.42 Å². The minimum absolute atomic E-state index is 0.125. The second kappa shape index (κ2) is 6.70. The number of imidazole rings is 1. The van der Waals surface area contributed by atoms with Gasteiger partial charge in [-0.1, -0.05) is 0 Å².